The van der Waals surface area contributed by atoms with Crippen LogP contribution in [0.3, 0.4) is 0 Å². The molecule has 2 heterocycles. The molecule has 0 saturated carbocycles. The van der Waals surface area contributed by atoms with Gasteiger partial charge in [0.15, 0.2) is 18.0 Å². The van der Waals surface area contributed by atoms with Gasteiger partial charge in [-0.15, -0.1) is 0 Å². The highest BCUT2D eigenvalue weighted by Crippen LogP contribution is 2.33. The summed E-state index contributed by atoms with van der Waals surface area (Å²) >= 11 is 0. The molecule has 0 aliphatic carbocycles. The van der Waals surface area contributed by atoms with Crippen molar-refractivity contribution in [1.82, 2.24) is 0 Å². The number of hydrogen-bond acceptors (Lipinski definition) is 3. The molecular weight excluding hydrogens is 354 g/mol. The predicted molar refractivity (Wildman–Crippen MR) is 95.1 cm³/mol. The number of likely N-dealkylation sites (tertiary alicyclic amines) is 1. The topological polar surface area (TPSA) is 52.0 Å². The second-order valence-corrected chi connectivity index (χ2v) is 6.83. The van der Waals surface area contributed by atoms with Crippen molar-refractivity contribution >= 4 is 11.6 Å². The van der Waals surface area contributed by atoms with Crippen molar-refractivity contribution in [2.45, 2.75) is 18.9 Å². The fraction of sp³-hybridized carbons (Fsp3) is 0.350. The molecule has 4 rings (SSSR count). The molecule has 1 amide bonds. The third-order valence-corrected chi connectivity index (χ3v) is 5.07. The highest BCUT2D eigenvalue weighted by Gasteiger charge is 2.32. The van der Waals surface area contributed by atoms with Crippen molar-refractivity contribution in [2.24, 2.45) is 0 Å². The second-order valence-electron chi connectivity index (χ2n) is 6.83. The summed E-state index contributed by atoms with van der Waals surface area (Å²) in [7, 11) is 0. The normalized spacial score (nSPS) is 21.1. The minimum absolute atomic E-state index is 0.136. The first-order valence-corrected chi connectivity index (χ1v) is 9.10. The molecule has 2 aliphatic rings. The molecule has 2 aromatic carbocycles. The first-order chi connectivity index (χ1) is 13.1. The number of anilines is 1. The minimum Gasteiger partial charge on any atom is -0.486 e. The number of fused-ring (bicyclic) bond motifs is 1. The number of rotatable bonds is 4. The van der Waals surface area contributed by atoms with Gasteiger partial charge in [0, 0.05) is 18.4 Å². The number of quaternary nitrogens is 1. The highest BCUT2D eigenvalue weighted by atomic mass is 19.1. The number of para-hydroxylation sites is 1. The van der Waals surface area contributed by atoms with E-state index in [0.29, 0.717) is 13.2 Å². The molecule has 2 atom stereocenters. The van der Waals surface area contributed by atoms with E-state index in [1.54, 1.807) is 0 Å². The lowest BCUT2D eigenvalue weighted by Crippen LogP contribution is -3.11. The van der Waals surface area contributed by atoms with Crippen LogP contribution < -0.4 is 19.7 Å². The van der Waals surface area contributed by atoms with Gasteiger partial charge in [-0.2, -0.15) is 0 Å². The summed E-state index contributed by atoms with van der Waals surface area (Å²) in [5.74, 6) is -0.495. The van der Waals surface area contributed by atoms with Crippen molar-refractivity contribution in [1.29, 1.82) is 0 Å². The number of amides is 1. The van der Waals surface area contributed by atoms with Crippen LogP contribution in [0, 0.1) is 11.6 Å². The average Bonchev–Trinajstić information content (AvgIpc) is 3.12. The van der Waals surface area contributed by atoms with E-state index in [-0.39, 0.29) is 12.6 Å². The zero-order chi connectivity index (χ0) is 18.8. The van der Waals surface area contributed by atoms with Crippen LogP contribution in [0.25, 0.3) is 0 Å². The lowest BCUT2D eigenvalue weighted by Gasteiger charge is -2.24. The Kier molecular flexibility index (Phi) is 4.94. The molecule has 1 unspecified atom stereocenters. The van der Waals surface area contributed by atoms with Crippen molar-refractivity contribution < 1.29 is 27.9 Å². The van der Waals surface area contributed by atoms with Crippen LogP contribution in [-0.4, -0.2) is 32.2 Å². The smallest absolute Gasteiger partial charge is 0.279 e. The molecule has 27 heavy (non-hydrogen) atoms. The molecule has 5 nitrogen and oxygen atoms in total. The Balaban J connectivity index is 1.46. The van der Waals surface area contributed by atoms with Gasteiger partial charge in [-0.3, -0.25) is 4.79 Å². The predicted octanol–water partition coefficient (Wildman–Crippen LogP) is 2.09. The quantitative estimate of drug-likeness (QED) is 0.861. The molecule has 7 heteroatoms. The molecule has 0 aromatic heterocycles. The van der Waals surface area contributed by atoms with Crippen molar-refractivity contribution in [2.75, 3.05) is 31.6 Å². The first-order valence-electron chi connectivity index (χ1n) is 9.10. The molecule has 0 spiro atoms. The van der Waals surface area contributed by atoms with Gasteiger partial charge in [0.2, 0.25) is 0 Å². The van der Waals surface area contributed by atoms with Crippen molar-refractivity contribution in [3.63, 3.8) is 0 Å². The lowest BCUT2D eigenvalue weighted by atomic mass is 10.0. The third-order valence-electron chi connectivity index (χ3n) is 5.07. The van der Waals surface area contributed by atoms with Gasteiger partial charge < -0.3 is 19.7 Å². The van der Waals surface area contributed by atoms with Crippen molar-refractivity contribution in [3.8, 4) is 11.5 Å². The maximum atomic E-state index is 13.7. The van der Waals surface area contributed by atoms with Crippen LogP contribution in [0.1, 0.15) is 24.4 Å². The Labute approximate surface area is 155 Å². The van der Waals surface area contributed by atoms with Crippen LogP contribution >= 0.6 is 0 Å². The van der Waals surface area contributed by atoms with E-state index >= 15 is 0 Å². The number of hydrogen-bond donors (Lipinski definition) is 2. The fourth-order valence-corrected chi connectivity index (χ4v) is 3.81. The summed E-state index contributed by atoms with van der Waals surface area (Å²) in [6, 6.07) is 9.52. The van der Waals surface area contributed by atoms with E-state index in [2.05, 4.69) is 5.32 Å². The Morgan fingerprint density at radius 2 is 1.85 bits per heavy atom. The number of halogens is 2. The van der Waals surface area contributed by atoms with E-state index in [0.717, 1.165) is 53.5 Å². The summed E-state index contributed by atoms with van der Waals surface area (Å²) in [5.41, 5.74) is 0.689. The van der Waals surface area contributed by atoms with Gasteiger partial charge in [-0.1, -0.05) is 6.07 Å². The Bertz CT molecular complexity index is 839. The Morgan fingerprint density at radius 1 is 1.11 bits per heavy atom. The number of carbonyl (C=O) groups is 1. The Morgan fingerprint density at radius 3 is 2.63 bits per heavy atom. The molecule has 1 fully saturated rings. The largest absolute Gasteiger partial charge is 0.486 e. The summed E-state index contributed by atoms with van der Waals surface area (Å²) in [5, 5.41) is 2.37. The maximum Gasteiger partial charge on any atom is 0.279 e. The van der Waals surface area contributed by atoms with E-state index in [9.17, 15) is 13.6 Å². The van der Waals surface area contributed by atoms with Gasteiger partial charge in [0.05, 0.1) is 6.54 Å². The summed E-state index contributed by atoms with van der Waals surface area (Å²) in [4.78, 5) is 13.4. The molecule has 0 bridgehead atoms. The van der Waals surface area contributed by atoms with Gasteiger partial charge in [-0.05, 0) is 30.3 Å². The van der Waals surface area contributed by atoms with Gasteiger partial charge >= 0.3 is 0 Å². The summed E-state index contributed by atoms with van der Waals surface area (Å²) in [6.07, 6.45) is 1.92. The lowest BCUT2D eigenvalue weighted by molar-refractivity contribution is -0.910. The van der Waals surface area contributed by atoms with Crippen LogP contribution in [-0.2, 0) is 4.79 Å². The number of ether oxygens (including phenoxy) is 2. The van der Waals surface area contributed by atoms with Crippen LogP contribution in [0.4, 0.5) is 14.5 Å². The Hall–Kier alpha value is -2.67. The third kappa shape index (κ3) is 3.73. The monoisotopic (exact) mass is 375 g/mol. The van der Waals surface area contributed by atoms with Crippen molar-refractivity contribution in [3.05, 3.63) is 53.6 Å². The molecule has 2 N–H and O–H groups in total. The number of carbonyl (C=O) groups excluding carboxylic acids is 1. The van der Waals surface area contributed by atoms with Crippen LogP contribution in [0.2, 0.25) is 0 Å². The average molecular weight is 375 g/mol. The molecule has 142 valence electrons. The zero-order valence-electron chi connectivity index (χ0n) is 14.8. The summed E-state index contributed by atoms with van der Waals surface area (Å²) in [6.45, 7) is 2.04. The first kappa shape index (κ1) is 17.7. The van der Waals surface area contributed by atoms with E-state index in [4.69, 9.17) is 9.47 Å². The maximum absolute atomic E-state index is 13.7. The molecule has 0 radical (unpaired) electrons. The molecule has 1 saturated heterocycles. The van der Waals surface area contributed by atoms with E-state index < -0.39 is 23.2 Å². The van der Waals surface area contributed by atoms with Crippen LogP contribution in [0.15, 0.2) is 36.4 Å². The SMILES string of the molecule is O=C(C[NH+]1CCC[C@H]1c1ccc2c(c1)OCCO2)Nc1c(F)cccc1F. The highest BCUT2D eigenvalue weighted by molar-refractivity contribution is 5.91. The number of benzene rings is 2. The van der Waals surface area contributed by atoms with Gasteiger partial charge in [0.1, 0.15) is 36.6 Å². The number of nitrogens with one attached hydrogen (secondary N) is 2. The van der Waals surface area contributed by atoms with E-state index in [1.807, 2.05) is 18.2 Å². The van der Waals surface area contributed by atoms with Crippen LogP contribution in [0.5, 0.6) is 11.5 Å². The molecule has 2 aromatic rings. The fourth-order valence-electron chi connectivity index (χ4n) is 3.81. The summed E-state index contributed by atoms with van der Waals surface area (Å²) < 4.78 is 38.7. The molecule has 2 aliphatic heterocycles. The second kappa shape index (κ2) is 7.52. The minimum atomic E-state index is -0.775. The van der Waals surface area contributed by atoms with E-state index in [1.165, 1.54) is 6.07 Å². The van der Waals surface area contributed by atoms with Gasteiger partial charge in [-0.25, -0.2) is 8.78 Å². The van der Waals surface area contributed by atoms with Gasteiger partial charge in [0.25, 0.3) is 5.91 Å². The zero-order valence-corrected chi connectivity index (χ0v) is 14.8. The standard InChI is InChI=1S/C20H20F2N2O3/c21-14-3-1-4-15(22)20(14)23-19(25)12-24-8-2-5-16(24)13-6-7-17-18(11-13)27-10-9-26-17/h1,3-4,6-7,11,16H,2,5,8-10,12H2,(H,23,25)/p+1/t16-/m0/s1. The molecular formula is C20H21F2N2O3+.